The fraction of sp³-hybridized carbons (Fsp3) is 0.417. The predicted octanol–water partition coefficient (Wildman–Crippen LogP) is 4.73. The molecule has 1 fully saturated rings. The van der Waals surface area contributed by atoms with Crippen molar-refractivity contribution in [1.29, 1.82) is 0 Å². The van der Waals surface area contributed by atoms with E-state index in [1.165, 1.54) is 12.1 Å². The van der Waals surface area contributed by atoms with E-state index in [4.69, 9.17) is 4.98 Å². The van der Waals surface area contributed by atoms with E-state index in [1.54, 1.807) is 11.1 Å². The Morgan fingerprint density at radius 1 is 1.16 bits per heavy atom. The number of benzene rings is 1. The van der Waals surface area contributed by atoms with Gasteiger partial charge in [0.1, 0.15) is 5.69 Å². The van der Waals surface area contributed by atoms with Gasteiger partial charge in [0, 0.05) is 30.4 Å². The van der Waals surface area contributed by atoms with Crippen molar-refractivity contribution in [3.63, 3.8) is 0 Å². The number of aryl methyl sites for hydroxylation is 1. The van der Waals surface area contributed by atoms with Crippen LogP contribution < -0.4 is 15.1 Å². The van der Waals surface area contributed by atoms with Gasteiger partial charge < -0.3 is 15.1 Å². The maximum atomic E-state index is 12.7. The van der Waals surface area contributed by atoms with Gasteiger partial charge in [-0.1, -0.05) is 18.9 Å². The van der Waals surface area contributed by atoms with Gasteiger partial charge in [-0.2, -0.15) is 30.2 Å². The molecule has 2 aromatic heterocycles. The highest BCUT2D eigenvalue weighted by Gasteiger charge is 2.34. The van der Waals surface area contributed by atoms with Gasteiger partial charge in [-0.25, -0.2) is 4.98 Å². The second-order valence-corrected chi connectivity index (χ2v) is 15.2. The molecule has 32 heavy (non-hydrogen) atoms. The molecule has 0 unspecified atom stereocenters. The highest BCUT2D eigenvalue weighted by Crippen LogP contribution is 2.38. The average molecular weight is 447 g/mol. The number of nitrogens with one attached hydrogen (secondary N) is 1. The molecule has 2 aliphatic heterocycles. The number of hydrogen-bond donors (Lipinski definition) is 1. The van der Waals surface area contributed by atoms with E-state index in [9.17, 15) is 4.79 Å². The van der Waals surface area contributed by atoms with Crippen molar-refractivity contribution in [1.82, 2.24) is 15.0 Å². The lowest BCUT2D eigenvalue weighted by Gasteiger charge is -2.47. The second kappa shape index (κ2) is 7.85. The molecule has 7 nitrogen and oxygen atoms in total. The summed E-state index contributed by atoms with van der Waals surface area (Å²) in [5, 5.41) is 4.47. The Balaban J connectivity index is 1.48. The Morgan fingerprint density at radius 3 is 2.72 bits per heavy atom. The minimum absolute atomic E-state index is 0.0989. The smallest absolute Gasteiger partial charge is 0.246 e. The maximum Gasteiger partial charge on any atom is 0.246 e. The van der Waals surface area contributed by atoms with E-state index in [0.717, 1.165) is 46.5 Å². The number of aromatic nitrogens is 3. The lowest BCUT2D eigenvalue weighted by Crippen LogP contribution is -2.51. The molecule has 4 heterocycles. The molecule has 1 amide bonds. The van der Waals surface area contributed by atoms with Crippen molar-refractivity contribution in [2.45, 2.75) is 51.0 Å². The van der Waals surface area contributed by atoms with E-state index < -0.39 is 8.07 Å². The van der Waals surface area contributed by atoms with E-state index in [0.29, 0.717) is 18.5 Å². The van der Waals surface area contributed by atoms with Crippen LogP contribution in [-0.2, 0) is 4.79 Å². The molecule has 0 spiro atoms. The van der Waals surface area contributed by atoms with Gasteiger partial charge in [0.2, 0.25) is 11.9 Å². The van der Waals surface area contributed by atoms with Crippen molar-refractivity contribution in [2.24, 2.45) is 0 Å². The van der Waals surface area contributed by atoms with Crippen molar-refractivity contribution in [3.05, 3.63) is 42.2 Å². The third-order valence-electron chi connectivity index (χ3n) is 7.01. The molecule has 2 aliphatic rings. The van der Waals surface area contributed by atoms with E-state index in [2.05, 4.69) is 58.4 Å². The van der Waals surface area contributed by atoms with Crippen molar-refractivity contribution < 1.29 is 4.79 Å². The molecule has 0 bridgehead atoms. The Kier molecular flexibility index (Phi) is 5.12. The van der Waals surface area contributed by atoms with Gasteiger partial charge in [0.15, 0.2) is 5.82 Å². The molecule has 1 N–H and O–H groups in total. The number of fused-ring (bicyclic) bond motifs is 2. The minimum Gasteiger partial charge on any atom is -0.343 e. The molecule has 0 saturated carbocycles. The Bertz CT molecular complexity index is 1190. The van der Waals surface area contributed by atoms with Crippen molar-refractivity contribution in [3.8, 4) is 0 Å². The Labute approximate surface area is 189 Å². The van der Waals surface area contributed by atoms with E-state index in [1.807, 2.05) is 19.3 Å². The summed E-state index contributed by atoms with van der Waals surface area (Å²) in [5.41, 5.74) is 3.80. The van der Waals surface area contributed by atoms with E-state index >= 15 is 0 Å². The van der Waals surface area contributed by atoms with Gasteiger partial charge in [-0.15, -0.1) is 8.07 Å². The number of amides is 1. The van der Waals surface area contributed by atoms with E-state index in [-0.39, 0.29) is 5.91 Å². The molecule has 0 aliphatic carbocycles. The van der Waals surface area contributed by atoms with Gasteiger partial charge in [0.05, 0.1) is 18.3 Å². The second-order valence-electron chi connectivity index (χ2n) is 9.87. The number of rotatable bonds is 3. The fourth-order valence-corrected chi connectivity index (χ4v) is 7.29. The number of carbonyl (C=O) groups excluding carboxylic acids is 1. The number of anilines is 4. The maximum absolute atomic E-state index is 12.7. The zero-order valence-electron chi connectivity index (χ0n) is 19.2. The third kappa shape index (κ3) is 3.83. The number of hydrogen-bond acceptors (Lipinski definition) is 6. The van der Waals surface area contributed by atoms with Crippen LogP contribution >= 0.6 is 0 Å². The van der Waals surface area contributed by atoms with Crippen LogP contribution in [-0.4, -0.2) is 48.6 Å². The molecule has 0 radical (unpaired) electrons. The van der Waals surface area contributed by atoms with Crippen LogP contribution in [0.2, 0.25) is 25.2 Å². The van der Waals surface area contributed by atoms with Crippen LogP contribution in [0.15, 0.2) is 36.7 Å². The van der Waals surface area contributed by atoms with Gasteiger partial charge >= 0.3 is 0 Å². The summed E-state index contributed by atoms with van der Waals surface area (Å²) in [6.07, 6.45) is 5.86. The van der Waals surface area contributed by atoms with Crippen LogP contribution in [0.25, 0.3) is 10.9 Å². The molecular weight excluding hydrogens is 416 g/mol. The first-order valence-electron chi connectivity index (χ1n) is 11.3. The third-order valence-corrected chi connectivity index (χ3v) is 10.3. The summed E-state index contributed by atoms with van der Waals surface area (Å²) >= 11 is 0. The topological polar surface area (TPSA) is 74.2 Å². The SMILES string of the molecule is Cc1cc2ncccc2cc1Nc1ncc2c(n1)N(C1CC[Si-](C)(C)CC1)CC(=O)N2C. The van der Waals surface area contributed by atoms with Crippen LogP contribution in [0.5, 0.6) is 0 Å². The molecule has 0 atom stereocenters. The molecule has 167 valence electrons. The van der Waals surface area contributed by atoms with Gasteiger partial charge in [-0.3, -0.25) is 9.78 Å². The fourth-order valence-electron chi connectivity index (χ4n) is 4.81. The highest BCUT2D eigenvalue weighted by atomic mass is 28.3. The minimum atomic E-state index is -1.08. The lowest BCUT2D eigenvalue weighted by atomic mass is 10.1. The summed E-state index contributed by atoms with van der Waals surface area (Å²) < 4.78 is 0. The Morgan fingerprint density at radius 2 is 1.94 bits per heavy atom. The highest BCUT2D eigenvalue weighted by molar-refractivity contribution is 6.77. The molecular formula is C24H30N6OSi-. The standard InChI is InChI=1S/C24H30N6OSi/c1-16-12-20-17(6-5-9-25-20)13-19(16)27-24-26-14-21-23(28-24)30(15-22(31)29(21)2)18-7-10-32(3,4)11-8-18/h5-6,9,12-14,18H,7-8,10-11,15H2,1-4H3,(H,26,27,28)/q-1. The summed E-state index contributed by atoms with van der Waals surface area (Å²) in [6.45, 7) is 7.38. The zero-order chi connectivity index (χ0) is 22.5. The normalized spacial score (nSPS) is 18.7. The van der Waals surface area contributed by atoms with Crippen molar-refractivity contribution >= 4 is 48.0 Å². The molecule has 1 aromatic carbocycles. The number of carbonyl (C=O) groups is 1. The van der Waals surface area contributed by atoms with Crippen molar-refractivity contribution in [2.75, 3.05) is 28.7 Å². The predicted molar refractivity (Wildman–Crippen MR) is 133 cm³/mol. The van der Waals surface area contributed by atoms with Crippen LogP contribution in [0, 0.1) is 6.92 Å². The summed E-state index contributed by atoms with van der Waals surface area (Å²) in [5.74, 6) is 1.51. The molecule has 3 aromatic rings. The summed E-state index contributed by atoms with van der Waals surface area (Å²) in [6, 6.07) is 11.1. The monoisotopic (exact) mass is 446 g/mol. The summed E-state index contributed by atoms with van der Waals surface area (Å²) in [4.78, 5) is 30.5. The largest absolute Gasteiger partial charge is 0.343 e. The van der Waals surface area contributed by atoms with Crippen LogP contribution in [0.4, 0.5) is 23.1 Å². The van der Waals surface area contributed by atoms with Crippen LogP contribution in [0.1, 0.15) is 18.4 Å². The number of likely N-dealkylation sites (N-methyl/N-ethyl adjacent to an activating group) is 1. The zero-order valence-corrected chi connectivity index (χ0v) is 20.2. The molecule has 5 rings (SSSR count). The van der Waals surface area contributed by atoms with Crippen LogP contribution in [0.3, 0.4) is 0 Å². The first-order valence-corrected chi connectivity index (χ1v) is 14.7. The molecule has 1 saturated heterocycles. The average Bonchev–Trinajstić information content (AvgIpc) is 2.77. The first-order chi connectivity index (χ1) is 15.3. The van der Waals surface area contributed by atoms with Gasteiger partial charge in [0.25, 0.3) is 0 Å². The summed E-state index contributed by atoms with van der Waals surface area (Å²) in [7, 11) is 0.731. The first kappa shape index (κ1) is 20.9. The Hall–Kier alpha value is -3.00. The number of pyridine rings is 1. The lowest BCUT2D eigenvalue weighted by molar-refractivity contribution is -0.117. The van der Waals surface area contributed by atoms with Gasteiger partial charge in [-0.05, 0) is 30.7 Å². The quantitative estimate of drug-likeness (QED) is 0.586. The molecule has 8 heteroatoms. The number of nitrogens with zero attached hydrogens (tertiary/aromatic N) is 5.